The molecule has 0 unspecified atom stereocenters. The molecule has 0 spiro atoms. The van der Waals surface area contributed by atoms with Gasteiger partial charge < -0.3 is 4.74 Å². The lowest BCUT2D eigenvalue weighted by Gasteiger charge is -2.07. The van der Waals surface area contributed by atoms with E-state index in [0.717, 1.165) is 0 Å². The molecule has 1 rings (SSSR count). The zero-order chi connectivity index (χ0) is 12.1. The molecule has 5 heteroatoms. The maximum Gasteiger partial charge on any atom is 0.311 e. The molecule has 0 N–H and O–H groups in total. The van der Waals surface area contributed by atoms with E-state index in [2.05, 4.69) is 5.92 Å². The topological polar surface area (TPSA) is 69.4 Å². The van der Waals surface area contributed by atoms with Crippen LogP contribution in [0, 0.1) is 22.5 Å². The van der Waals surface area contributed by atoms with Crippen molar-refractivity contribution < 1.29 is 14.5 Å². The summed E-state index contributed by atoms with van der Waals surface area (Å²) >= 11 is 0. The summed E-state index contributed by atoms with van der Waals surface area (Å²) in [7, 11) is 0. The molecule has 0 saturated carbocycles. The molecule has 0 aromatic heterocycles. The van der Waals surface area contributed by atoms with E-state index < -0.39 is 4.92 Å². The number of nitro benzene ring substituents is 1. The summed E-state index contributed by atoms with van der Waals surface area (Å²) in [6.45, 7) is 1.19. The second-order valence-corrected chi connectivity index (χ2v) is 2.96. The standard InChI is InChI=1S/C11H9NO4/c1-3-7-16-11-9(8(2)13)5-4-6-10(11)12(14)15/h1,4-6H,7H2,2H3. The lowest BCUT2D eigenvalue weighted by atomic mass is 10.1. The number of ether oxygens (including phenoxy) is 1. The number of rotatable bonds is 4. The van der Waals surface area contributed by atoms with Gasteiger partial charge in [0.1, 0.15) is 6.61 Å². The molecule has 0 atom stereocenters. The van der Waals surface area contributed by atoms with Gasteiger partial charge in [-0.25, -0.2) is 0 Å². The van der Waals surface area contributed by atoms with E-state index in [-0.39, 0.29) is 29.4 Å². The fraction of sp³-hybridized carbons (Fsp3) is 0.182. The minimum absolute atomic E-state index is 0.0713. The zero-order valence-electron chi connectivity index (χ0n) is 8.60. The highest BCUT2D eigenvalue weighted by atomic mass is 16.6. The Hall–Kier alpha value is -2.35. The predicted octanol–water partition coefficient (Wildman–Crippen LogP) is 1.81. The van der Waals surface area contributed by atoms with Crippen molar-refractivity contribution in [2.24, 2.45) is 0 Å². The normalized spacial score (nSPS) is 9.25. The molecule has 82 valence electrons. The first kappa shape index (κ1) is 11.7. The number of para-hydroxylation sites is 1. The van der Waals surface area contributed by atoms with Crippen molar-refractivity contribution in [2.75, 3.05) is 6.61 Å². The van der Waals surface area contributed by atoms with Crippen LogP contribution < -0.4 is 4.74 Å². The van der Waals surface area contributed by atoms with Crippen LogP contribution in [0.4, 0.5) is 5.69 Å². The van der Waals surface area contributed by atoms with E-state index in [4.69, 9.17) is 11.2 Å². The number of carbonyl (C=O) groups is 1. The predicted molar refractivity (Wildman–Crippen MR) is 57.4 cm³/mol. The lowest BCUT2D eigenvalue weighted by molar-refractivity contribution is -0.385. The number of Topliss-reactive ketones (excluding diaryl/α,β-unsaturated/α-hetero) is 1. The molecule has 1 aromatic carbocycles. The van der Waals surface area contributed by atoms with E-state index in [1.807, 2.05) is 0 Å². The molecule has 0 aliphatic carbocycles. The summed E-state index contributed by atoms with van der Waals surface area (Å²) in [5, 5.41) is 10.7. The van der Waals surface area contributed by atoms with Crippen molar-refractivity contribution in [3.63, 3.8) is 0 Å². The van der Waals surface area contributed by atoms with Gasteiger partial charge in [0, 0.05) is 6.07 Å². The van der Waals surface area contributed by atoms with Gasteiger partial charge in [0.25, 0.3) is 0 Å². The summed E-state index contributed by atoms with van der Waals surface area (Å²) < 4.78 is 5.04. The van der Waals surface area contributed by atoms with E-state index in [1.165, 1.54) is 25.1 Å². The number of hydrogen-bond acceptors (Lipinski definition) is 4. The highest BCUT2D eigenvalue weighted by Crippen LogP contribution is 2.31. The number of nitrogens with zero attached hydrogens (tertiary/aromatic N) is 1. The number of terminal acetylenes is 1. The molecular formula is C11H9NO4. The SMILES string of the molecule is C#CCOc1c(C(C)=O)cccc1[N+](=O)[O-]. The van der Waals surface area contributed by atoms with E-state index in [1.54, 1.807) is 0 Å². The Balaban J connectivity index is 3.30. The number of carbonyl (C=O) groups excluding carboxylic acids is 1. The van der Waals surface area contributed by atoms with Gasteiger partial charge in [-0.15, -0.1) is 6.42 Å². The van der Waals surface area contributed by atoms with Gasteiger partial charge in [-0.05, 0) is 13.0 Å². The van der Waals surface area contributed by atoms with Crippen molar-refractivity contribution in [2.45, 2.75) is 6.92 Å². The summed E-state index contributed by atoms with van der Waals surface area (Å²) in [5.41, 5.74) is -0.104. The summed E-state index contributed by atoms with van der Waals surface area (Å²) in [6.07, 6.45) is 5.00. The first-order valence-electron chi connectivity index (χ1n) is 4.42. The fourth-order valence-electron chi connectivity index (χ4n) is 1.21. The second kappa shape index (κ2) is 4.94. The van der Waals surface area contributed by atoms with Crippen LogP contribution in [0.5, 0.6) is 5.75 Å². The highest BCUT2D eigenvalue weighted by Gasteiger charge is 2.20. The summed E-state index contributed by atoms with van der Waals surface area (Å²) in [4.78, 5) is 21.4. The Morgan fingerprint density at radius 3 is 2.81 bits per heavy atom. The average Bonchev–Trinajstić information content (AvgIpc) is 2.25. The molecule has 0 amide bonds. The third-order valence-electron chi connectivity index (χ3n) is 1.87. The number of benzene rings is 1. The van der Waals surface area contributed by atoms with Crippen LogP contribution >= 0.6 is 0 Å². The zero-order valence-corrected chi connectivity index (χ0v) is 8.60. The van der Waals surface area contributed by atoms with Crippen LogP contribution in [-0.2, 0) is 0 Å². The quantitative estimate of drug-likeness (QED) is 0.335. The van der Waals surface area contributed by atoms with Gasteiger partial charge in [0.2, 0.25) is 5.75 Å². The van der Waals surface area contributed by atoms with Crippen molar-refractivity contribution in [3.8, 4) is 18.1 Å². The Morgan fingerprint density at radius 2 is 2.31 bits per heavy atom. The molecule has 0 fully saturated rings. The molecule has 0 heterocycles. The molecule has 5 nitrogen and oxygen atoms in total. The Labute approximate surface area is 92.2 Å². The van der Waals surface area contributed by atoms with Crippen LogP contribution in [0.15, 0.2) is 18.2 Å². The largest absolute Gasteiger partial charge is 0.473 e. The first-order chi connectivity index (χ1) is 7.57. The minimum atomic E-state index is -0.613. The van der Waals surface area contributed by atoms with Gasteiger partial charge in [0.05, 0.1) is 10.5 Å². The highest BCUT2D eigenvalue weighted by molar-refractivity contribution is 5.98. The van der Waals surface area contributed by atoms with Gasteiger partial charge in [-0.1, -0.05) is 12.0 Å². The Bertz CT molecular complexity index is 441. The van der Waals surface area contributed by atoms with Crippen LogP contribution in [0.25, 0.3) is 0 Å². The number of nitro groups is 1. The second-order valence-electron chi connectivity index (χ2n) is 2.96. The number of ketones is 1. The third kappa shape index (κ3) is 2.36. The summed E-state index contributed by atoms with van der Waals surface area (Å²) in [6, 6.07) is 4.15. The molecule has 16 heavy (non-hydrogen) atoms. The number of hydrogen-bond donors (Lipinski definition) is 0. The molecule has 0 radical (unpaired) electrons. The van der Waals surface area contributed by atoms with Gasteiger partial charge in [-0.3, -0.25) is 14.9 Å². The van der Waals surface area contributed by atoms with Crippen molar-refractivity contribution in [1.82, 2.24) is 0 Å². The fourth-order valence-corrected chi connectivity index (χ4v) is 1.21. The van der Waals surface area contributed by atoms with E-state index in [0.29, 0.717) is 0 Å². The van der Waals surface area contributed by atoms with Crippen LogP contribution in [0.2, 0.25) is 0 Å². The molecule has 0 bridgehead atoms. The van der Waals surface area contributed by atoms with Crippen LogP contribution in [-0.4, -0.2) is 17.3 Å². The average molecular weight is 219 g/mol. The van der Waals surface area contributed by atoms with Crippen molar-refractivity contribution in [3.05, 3.63) is 33.9 Å². The third-order valence-corrected chi connectivity index (χ3v) is 1.87. The summed E-state index contributed by atoms with van der Waals surface area (Å²) in [5.74, 6) is 1.81. The van der Waals surface area contributed by atoms with Gasteiger partial charge in [-0.2, -0.15) is 0 Å². The van der Waals surface area contributed by atoms with E-state index >= 15 is 0 Å². The molecular weight excluding hydrogens is 210 g/mol. The smallest absolute Gasteiger partial charge is 0.311 e. The Kier molecular flexibility index (Phi) is 3.62. The van der Waals surface area contributed by atoms with Crippen molar-refractivity contribution >= 4 is 11.5 Å². The maximum absolute atomic E-state index is 11.2. The Morgan fingerprint density at radius 1 is 1.62 bits per heavy atom. The minimum Gasteiger partial charge on any atom is -0.473 e. The molecule has 0 aliphatic heterocycles. The molecule has 0 aliphatic rings. The van der Waals surface area contributed by atoms with Crippen LogP contribution in [0.1, 0.15) is 17.3 Å². The molecule has 0 saturated heterocycles. The molecule has 1 aromatic rings. The van der Waals surface area contributed by atoms with E-state index in [9.17, 15) is 14.9 Å². The lowest BCUT2D eigenvalue weighted by Crippen LogP contribution is -2.04. The van der Waals surface area contributed by atoms with Gasteiger partial charge in [0.15, 0.2) is 5.78 Å². The van der Waals surface area contributed by atoms with Crippen LogP contribution in [0.3, 0.4) is 0 Å². The maximum atomic E-state index is 11.2. The van der Waals surface area contributed by atoms with Crippen molar-refractivity contribution in [1.29, 1.82) is 0 Å². The van der Waals surface area contributed by atoms with Gasteiger partial charge >= 0.3 is 5.69 Å². The monoisotopic (exact) mass is 219 g/mol. The first-order valence-corrected chi connectivity index (χ1v) is 4.42.